The van der Waals surface area contributed by atoms with Gasteiger partial charge in [0, 0.05) is 12.5 Å². The summed E-state index contributed by atoms with van der Waals surface area (Å²) in [5.41, 5.74) is -2.26. The van der Waals surface area contributed by atoms with E-state index in [2.05, 4.69) is 0 Å². The summed E-state index contributed by atoms with van der Waals surface area (Å²) in [7, 11) is 0. The summed E-state index contributed by atoms with van der Waals surface area (Å²) < 4.78 is 17.6. The highest BCUT2D eigenvalue weighted by Gasteiger charge is 2.73. The maximum atomic E-state index is 13.1. The molecular weight excluding hydrogens is 296 g/mol. The van der Waals surface area contributed by atoms with Gasteiger partial charge in [-0.2, -0.15) is 0 Å². The van der Waals surface area contributed by atoms with Gasteiger partial charge in [-0.15, -0.1) is 0 Å². The molecule has 0 aromatic rings. The summed E-state index contributed by atoms with van der Waals surface area (Å²) in [6.45, 7) is 10.1. The molecular formula is C18H28O5. The Morgan fingerprint density at radius 2 is 1.87 bits per heavy atom. The Kier molecular flexibility index (Phi) is 4.00. The van der Waals surface area contributed by atoms with Crippen LogP contribution in [0.1, 0.15) is 53.9 Å². The van der Waals surface area contributed by atoms with Crippen LogP contribution in [0.3, 0.4) is 0 Å². The van der Waals surface area contributed by atoms with Crippen molar-refractivity contribution in [3.63, 3.8) is 0 Å². The van der Waals surface area contributed by atoms with Crippen LogP contribution in [0.15, 0.2) is 11.5 Å². The summed E-state index contributed by atoms with van der Waals surface area (Å²) in [4.78, 5) is 13.1. The average molecular weight is 324 g/mol. The van der Waals surface area contributed by atoms with Gasteiger partial charge in [0.1, 0.15) is 5.60 Å². The Bertz CT molecular complexity index is 538. The van der Waals surface area contributed by atoms with E-state index in [0.717, 1.165) is 12.8 Å². The highest BCUT2D eigenvalue weighted by Crippen LogP contribution is 2.62. The number of carbonyl (C=O) groups is 1. The van der Waals surface area contributed by atoms with Crippen LogP contribution >= 0.6 is 0 Å². The van der Waals surface area contributed by atoms with Crippen LogP contribution < -0.4 is 0 Å². The van der Waals surface area contributed by atoms with Crippen LogP contribution in [0.5, 0.6) is 0 Å². The van der Waals surface area contributed by atoms with Gasteiger partial charge in [0.15, 0.2) is 5.76 Å². The Balaban J connectivity index is 2.10. The SMILES string of the molecule is CC(C)OC1=C(OC(C)C)[C@@]2(O)[C@@H]3CCCO[C@H]3C[C@@]2(C)C1=O. The first-order valence-electron chi connectivity index (χ1n) is 8.68. The summed E-state index contributed by atoms with van der Waals surface area (Å²) in [5.74, 6) is 0.268. The fourth-order valence-electron chi connectivity index (χ4n) is 4.42. The molecule has 1 aliphatic heterocycles. The van der Waals surface area contributed by atoms with E-state index in [1.54, 1.807) is 0 Å². The standard InChI is InChI=1S/C18H28O5/c1-10(2)22-14-15(19)17(5)9-13-12(7-6-8-21-13)18(17,20)16(14)23-11(3)4/h10-13,20H,6-9H2,1-5H3/t12-,13+,17+,18+/m1/s1. The van der Waals surface area contributed by atoms with E-state index in [1.807, 2.05) is 34.6 Å². The first kappa shape index (κ1) is 16.8. The molecule has 0 unspecified atom stereocenters. The fourth-order valence-corrected chi connectivity index (χ4v) is 4.42. The van der Waals surface area contributed by atoms with Gasteiger partial charge >= 0.3 is 0 Å². The molecule has 0 bridgehead atoms. The van der Waals surface area contributed by atoms with Gasteiger partial charge in [0.05, 0.1) is 23.7 Å². The third-order valence-electron chi connectivity index (χ3n) is 5.39. The lowest BCUT2D eigenvalue weighted by atomic mass is 9.72. The fraction of sp³-hybridized carbons (Fsp3) is 0.833. The zero-order chi connectivity index (χ0) is 17.0. The number of allylic oxidation sites excluding steroid dienone is 1. The van der Waals surface area contributed by atoms with Gasteiger partial charge in [-0.3, -0.25) is 4.79 Å². The maximum Gasteiger partial charge on any atom is 0.210 e. The van der Waals surface area contributed by atoms with Crippen LogP contribution in [-0.4, -0.2) is 41.4 Å². The van der Waals surface area contributed by atoms with Crippen molar-refractivity contribution < 1.29 is 24.1 Å². The Hall–Kier alpha value is -1.07. The Labute approximate surface area is 138 Å². The lowest BCUT2D eigenvalue weighted by Gasteiger charge is -2.39. The molecule has 1 saturated heterocycles. The molecule has 0 radical (unpaired) electrons. The van der Waals surface area contributed by atoms with Crippen LogP contribution in [0.25, 0.3) is 0 Å². The minimum atomic E-state index is -1.33. The number of ketones is 1. The van der Waals surface area contributed by atoms with Gasteiger partial charge in [-0.25, -0.2) is 0 Å². The van der Waals surface area contributed by atoms with Crippen LogP contribution in [0.2, 0.25) is 0 Å². The molecule has 1 heterocycles. The average Bonchev–Trinajstić information content (AvgIpc) is 2.78. The van der Waals surface area contributed by atoms with Crippen molar-refractivity contribution in [1.29, 1.82) is 0 Å². The zero-order valence-corrected chi connectivity index (χ0v) is 14.7. The molecule has 3 rings (SSSR count). The highest BCUT2D eigenvalue weighted by atomic mass is 16.5. The van der Waals surface area contributed by atoms with Crippen LogP contribution in [-0.2, 0) is 19.0 Å². The number of hydrogen-bond acceptors (Lipinski definition) is 5. The molecule has 1 N–H and O–H groups in total. The quantitative estimate of drug-likeness (QED) is 0.861. The third kappa shape index (κ3) is 2.23. The lowest BCUT2D eigenvalue weighted by molar-refractivity contribution is -0.140. The van der Waals surface area contributed by atoms with Gasteiger partial charge < -0.3 is 19.3 Å². The molecule has 5 heteroatoms. The summed E-state index contributed by atoms with van der Waals surface area (Å²) in [5, 5.41) is 11.7. The molecule has 23 heavy (non-hydrogen) atoms. The number of carbonyl (C=O) groups excluding carboxylic acids is 1. The minimum absolute atomic E-state index is 0.0888. The smallest absolute Gasteiger partial charge is 0.210 e. The topological polar surface area (TPSA) is 65.0 Å². The van der Waals surface area contributed by atoms with E-state index in [-0.39, 0.29) is 35.8 Å². The second kappa shape index (κ2) is 5.49. The summed E-state index contributed by atoms with van der Waals surface area (Å²) >= 11 is 0. The van der Waals surface area contributed by atoms with E-state index >= 15 is 0 Å². The highest BCUT2D eigenvalue weighted by molar-refractivity contribution is 6.03. The first-order chi connectivity index (χ1) is 10.7. The van der Waals surface area contributed by atoms with E-state index in [9.17, 15) is 9.90 Å². The predicted octanol–water partition coefficient (Wildman–Crippen LogP) is 2.57. The molecule has 0 amide bonds. The van der Waals surface area contributed by atoms with Crippen molar-refractivity contribution >= 4 is 5.78 Å². The molecule has 0 spiro atoms. The minimum Gasteiger partial charge on any atom is -0.488 e. The zero-order valence-electron chi connectivity index (χ0n) is 14.7. The van der Waals surface area contributed by atoms with Gasteiger partial charge in [-0.1, -0.05) is 0 Å². The predicted molar refractivity (Wildman–Crippen MR) is 84.6 cm³/mol. The lowest BCUT2D eigenvalue weighted by Crippen LogP contribution is -2.49. The van der Waals surface area contributed by atoms with E-state index in [4.69, 9.17) is 14.2 Å². The number of rotatable bonds is 4. The van der Waals surface area contributed by atoms with Crippen molar-refractivity contribution in [2.45, 2.75) is 77.8 Å². The molecule has 2 fully saturated rings. The normalized spacial score (nSPS) is 39.9. The largest absolute Gasteiger partial charge is 0.488 e. The van der Waals surface area contributed by atoms with Crippen molar-refractivity contribution in [3.05, 3.63) is 11.5 Å². The van der Waals surface area contributed by atoms with Gasteiger partial charge in [0.25, 0.3) is 0 Å². The molecule has 1 saturated carbocycles. The monoisotopic (exact) mass is 324 g/mol. The molecule has 5 nitrogen and oxygen atoms in total. The van der Waals surface area contributed by atoms with Gasteiger partial charge in [-0.05, 0) is 53.9 Å². The van der Waals surface area contributed by atoms with Crippen molar-refractivity contribution in [2.75, 3.05) is 6.61 Å². The number of fused-ring (bicyclic) bond motifs is 3. The molecule has 3 aliphatic rings. The Morgan fingerprint density at radius 3 is 2.48 bits per heavy atom. The summed E-state index contributed by atoms with van der Waals surface area (Å²) in [6, 6.07) is 0. The van der Waals surface area contributed by atoms with Crippen molar-refractivity contribution in [3.8, 4) is 0 Å². The van der Waals surface area contributed by atoms with Gasteiger partial charge in [0.2, 0.25) is 11.5 Å². The van der Waals surface area contributed by atoms with E-state index in [0.29, 0.717) is 18.8 Å². The number of hydrogen-bond donors (Lipinski definition) is 1. The molecule has 0 aromatic heterocycles. The van der Waals surface area contributed by atoms with E-state index in [1.165, 1.54) is 0 Å². The number of ether oxygens (including phenoxy) is 3. The first-order valence-corrected chi connectivity index (χ1v) is 8.68. The Morgan fingerprint density at radius 1 is 1.22 bits per heavy atom. The molecule has 2 aliphatic carbocycles. The maximum absolute atomic E-state index is 13.1. The van der Waals surface area contributed by atoms with Crippen molar-refractivity contribution in [1.82, 2.24) is 0 Å². The third-order valence-corrected chi connectivity index (χ3v) is 5.39. The second-order valence-corrected chi connectivity index (χ2v) is 7.78. The molecule has 130 valence electrons. The molecule has 0 aromatic carbocycles. The van der Waals surface area contributed by atoms with E-state index < -0.39 is 11.0 Å². The number of aliphatic hydroxyl groups is 1. The van der Waals surface area contributed by atoms with Crippen LogP contribution in [0.4, 0.5) is 0 Å². The number of Topliss-reactive ketones (excluding diaryl/α,β-unsaturated/α-hetero) is 1. The van der Waals surface area contributed by atoms with Crippen LogP contribution in [0, 0.1) is 11.3 Å². The summed E-state index contributed by atoms with van der Waals surface area (Å²) in [6.07, 6.45) is 1.87. The molecule has 4 atom stereocenters. The second-order valence-electron chi connectivity index (χ2n) is 7.78. The van der Waals surface area contributed by atoms with Crippen molar-refractivity contribution in [2.24, 2.45) is 11.3 Å².